The molecule has 0 saturated carbocycles. The molecule has 1 aromatic carbocycles. The Kier molecular flexibility index (Phi) is 4.52. The molecule has 1 atom stereocenters. The summed E-state index contributed by atoms with van der Waals surface area (Å²) in [6, 6.07) is 10.4. The van der Waals surface area contributed by atoms with Crippen molar-refractivity contribution in [1.29, 1.82) is 0 Å². The van der Waals surface area contributed by atoms with Gasteiger partial charge < -0.3 is 14.6 Å². The molecular formula is C19H22N4O2. The van der Waals surface area contributed by atoms with Crippen molar-refractivity contribution >= 4 is 16.8 Å². The van der Waals surface area contributed by atoms with Crippen LogP contribution in [0.2, 0.25) is 0 Å². The minimum Gasteiger partial charge on any atom is -0.379 e. The van der Waals surface area contributed by atoms with Gasteiger partial charge in [-0.25, -0.2) is 0 Å². The number of H-pyrrole nitrogens is 1. The van der Waals surface area contributed by atoms with Crippen LogP contribution in [0.15, 0.2) is 48.9 Å². The third-order valence-electron chi connectivity index (χ3n) is 4.69. The van der Waals surface area contributed by atoms with Gasteiger partial charge in [-0.05, 0) is 41.6 Å². The monoisotopic (exact) mass is 338 g/mol. The van der Waals surface area contributed by atoms with E-state index in [0.717, 1.165) is 18.5 Å². The number of amides is 1. The Bertz CT molecular complexity index is 840. The van der Waals surface area contributed by atoms with Gasteiger partial charge in [-0.15, -0.1) is 0 Å². The number of aromatic nitrogens is 3. The summed E-state index contributed by atoms with van der Waals surface area (Å²) in [6.07, 6.45) is 6.38. The molecule has 2 aromatic heterocycles. The van der Waals surface area contributed by atoms with Gasteiger partial charge in [0.05, 0.1) is 13.2 Å². The topological polar surface area (TPSA) is 63.1 Å². The first kappa shape index (κ1) is 15.9. The zero-order valence-corrected chi connectivity index (χ0v) is 14.1. The molecule has 0 aliphatic carbocycles. The Hall–Kier alpha value is -2.60. The molecule has 0 bridgehead atoms. The van der Waals surface area contributed by atoms with Crippen molar-refractivity contribution in [2.24, 2.45) is 5.92 Å². The van der Waals surface area contributed by atoms with Crippen molar-refractivity contribution < 1.29 is 9.53 Å². The van der Waals surface area contributed by atoms with Gasteiger partial charge in [0.2, 0.25) is 5.91 Å². The minimum atomic E-state index is 0.0975. The predicted molar refractivity (Wildman–Crippen MR) is 95.1 cm³/mol. The minimum absolute atomic E-state index is 0.0975. The fourth-order valence-corrected chi connectivity index (χ4v) is 3.43. The highest BCUT2D eigenvalue weighted by Crippen LogP contribution is 2.19. The first-order chi connectivity index (χ1) is 12.3. The number of nitrogens with one attached hydrogen (secondary N) is 1. The summed E-state index contributed by atoms with van der Waals surface area (Å²) in [5, 5.41) is 5.34. The van der Waals surface area contributed by atoms with Crippen molar-refractivity contribution in [1.82, 2.24) is 19.7 Å². The second-order valence-electron chi connectivity index (χ2n) is 6.59. The van der Waals surface area contributed by atoms with Gasteiger partial charge in [-0.2, -0.15) is 5.10 Å². The smallest absolute Gasteiger partial charge is 0.244 e. The number of rotatable bonds is 4. The lowest BCUT2D eigenvalue weighted by Gasteiger charge is -2.23. The number of fused-ring (bicyclic) bond motifs is 1. The zero-order chi connectivity index (χ0) is 17.1. The third kappa shape index (κ3) is 3.74. The second-order valence-corrected chi connectivity index (χ2v) is 6.59. The van der Waals surface area contributed by atoms with Crippen LogP contribution in [-0.4, -0.2) is 51.9 Å². The number of benzene rings is 1. The van der Waals surface area contributed by atoms with Gasteiger partial charge in [0.15, 0.2) is 0 Å². The van der Waals surface area contributed by atoms with E-state index in [1.807, 2.05) is 23.4 Å². The Labute approximate surface area is 146 Å². The highest BCUT2D eigenvalue weighted by Gasteiger charge is 2.23. The lowest BCUT2D eigenvalue weighted by molar-refractivity contribution is -0.132. The van der Waals surface area contributed by atoms with Gasteiger partial charge in [0, 0.05) is 43.1 Å². The maximum atomic E-state index is 12.6. The number of hydrogen-bond donors (Lipinski definition) is 1. The van der Waals surface area contributed by atoms with E-state index in [1.54, 1.807) is 10.9 Å². The highest BCUT2D eigenvalue weighted by atomic mass is 16.5. The molecule has 130 valence electrons. The summed E-state index contributed by atoms with van der Waals surface area (Å²) < 4.78 is 7.41. The summed E-state index contributed by atoms with van der Waals surface area (Å²) >= 11 is 0. The van der Waals surface area contributed by atoms with Crippen molar-refractivity contribution in [2.75, 3.05) is 26.3 Å². The van der Waals surface area contributed by atoms with E-state index in [0.29, 0.717) is 25.7 Å². The van der Waals surface area contributed by atoms with Crippen LogP contribution in [0.3, 0.4) is 0 Å². The molecule has 1 aliphatic rings. The SMILES string of the molecule is O=C(Cn1cccn1)N1CCOC[C@@H](Cc2ccc3[nH]ccc3c2)C1. The fourth-order valence-electron chi connectivity index (χ4n) is 3.43. The van der Waals surface area contributed by atoms with E-state index in [2.05, 4.69) is 34.3 Å². The van der Waals surface area contributed by atoms with Crippen LogP contribution in [0.5, 0.6) is 0 Å². The molecule has 3 heterocycles. The molecule has 25 heavy (non-hydrogen) atoms. The normalized spacial score (nSPS) is 18.4. The maximum Gasteiger partial charge on any atom is 0.244 e. The summed E-state index contributed by atoms with van der Waals surface area (Å²) in [7, 11) is 0. The molecule has 6 nitrogen and oxygen atoms in total. The van der Waals surface area contributed by atoms with Gasteiger partial charge in [0.25, 0.3) is 0 Å². The van der Waals surface area contributed by atoms with E-state index in [-0.39, 0.29) is 12.5 Å². The van der Waals surface area contributed by atoms with E-state index < -0.39 is 0 Å². The molecular weight excluding hydrogens is 316 g/mol. The van der Waals surface area contributed by atoms with Crippen LogP contribution < -0.4 is 0 Å². The standard InChI is InChI=1S/C19H22N4O2/c24-19(13-23-7-1-5-21-23)22-8-9-25-14-16(12-22)10-15-2-3-18-17(11-15)4-6-20-18/h1-7,11,16,20H,8-10,12-14H2/t16-/m0/s1. The summed E-state index contributed by atoms with van der Waals surface area (Å²) in [4.78, 5) is 17.7. The zero-order valence-electron chi connectivity index (χ0n) is 14.1. The first-order valence-electron chi connectivity index (χ1n) is 8.67. The lowest BCUT2D eigenvalue weighted by Crippen LogP contribution is -2.38. The van der Waals surface area contributed by atoms with E-state index >= 15 is 0 Å². The number of aromatic amines is 1. The Morgan fingerprint density at radius 3 is 3.20 bits per heavy atom. The quantitative estimate of drug-likeness (QED) is 0.792. The average molecular weight is 338 g/mol. The number of carbonyl (C=O) groups excluding carboxylic acids is 1. The molecule has 0 radical (unpaired) electrons. The van der Waals surface area contributed by atoms with Crippen LogP contribution in [0.1, 0.15) is 5.56 Å². The molecule has 6 heteroatoms. The Morgan fingerprint density at radius 2 is 2.32 bits per heavy atom. The highest BCUT2D eigenvalue weighted by molar-refractivity contribution is 5.80. The molecule has 0 spiro atoms. The summed E-state index contributed by atoms with van der Waals surface area (Å²) in [5.41, 5.74) is 2.43. The van der Waals surface area contributed by atoms with E-state index in [4.69, 9.17) is 4.74 Å². The summed E-state index contributed by atoms with van der Waals surface area (Å²) in [6.45, 7) is 2.95. The van der Waals surface area contributed by atoms with Gasteiger partial charge in [-0.3, -0.25) is 9.48 Å². The first-order valence-corrected chi connectivity index (χ1v) is 8.67. The summed E-state index contributed by atoms with van der Waals surface area (Å²) in [5.74, 6) is 0.403. The van der Waals surface area contributed by atoms with Crippen molar-refractivity contribution in [3.63, 3.8) is 0 Å². The number of ether oxygens (including phenoxy) is 1. The van der Waals surface area contributed by atoms with Gasteiger partial charge in [0.1, 0.15) is 6.54 Å². The van der Waals surface area contributed by atoms with Crippen LogP contribution in [0.4, 0.5) is 0 Å². The van der Waals surface area contributed by atoms with E-state index in [1.165, 1.54) is 10.9 Å². The molecule has 3 aromatic rings. The van der Waals surface area contributed by atoms with Gasteiger partial charge >= 0.3 is 0 Å². The molecule has 0 unspecified atom stereocenters. The van der Waals surface area contributed by atoms with Crippen LogP contribution in [-0.2, 0) is 22.5 Å². The second kappa shape index (κ2) is 7.11. The largest absolute Gasteiger partial charge is 0.379 e. The van der Waals surface area contributed by atoms with Crippen molar-refractivity contribution in [2.45, 2.75) is 13.0 Å². The maximum absolute atomic E-state index is 12.6. The molecule has 1 saturated heterocycles. The predicted octanol–water partition coefficient (Wildman–Crippen LogP) is 2.08. The number of carbonyl (C=O) groups is 1. The van der Waals surface area contributed by atoms with Crippen molar-refractivity contribution in [3.05, 3.63) is 54.5 Å². The molecule has 1 N–H and O–H groups in total. The molecule has 1 amide bonds. The fraction of sp³-hybridized carbons (Fsp3) is 0.368. The van der Waals surface area contributed by atoms with Crippen LogP contribution in [0.25, 0.3) is 10.9 Å². The number of hydrogen-bond acceptors (Lipinski definition) is 3. The third-order valence-corrected chi connectivity index (χ3v) is 4.69. The van der Waals surface area contributed by atoms with E-state index in [9.17, 15) is 4.79 Å². The van der Waals surface area contributed by atoms with Gasteiger partial charge in [-0.1, -0.05) is 6.07 Å². The Morgan fingerprint density at radius 1 is 1.36 bits per heavy atom. The number of nitrogens with zero attached hydrogens (tertiary/aromatic N) is 3. The molecule has 4 rings (SSSR count). The van der Waals surface area contributed by atoms with Crippen LogP contribution >= 0.6 is 0 Å². The Balaban J connectivity index is 1.43. The molecule has 1 aliphatic heterocycles. The average Bonchev–Trinajstić information content (AvgIpc) is 3.23. The van der Waals surface area contributed by atoms with Crippen LogP contribution in [0, 0.1) is 5.92 Å². The lowest BCUT2D eigenvalue weighted by atomic mass is 9.98. The van der Waals surface area contributed by atoms with Crippen molar-refractivity contribution in [3.8, 4) is 0 Å². The molecule has 1 fully saturated rings.